The van der Waals surface area contributed by atoms with Gasteiger partial charge in [-0.05, 0) is 81.5 Å². The quantitative estimate of drug-likeness (QED) is 0.478. The van der Waals surface area contributed by atoms with Crippen molar-refractivity contribution in [1.29, 1.82) is 0 Å². The van der Waals surface area contributed by atoms with E-state index in [1.54, 1.807) is 30.9 Å². The van der Waals surface area contributed by atoms with E-state index in [0.717, 1.165) is 40.8 Å². The van der Waals surface area contributed by atoms with E-state index in [1.165, 1.54) is 22.5 Å². The number of nitrogens with zero attached hydrogens (tertiary/aromatic N) is 2. The Bertz CT molecular complexity index is 1210. The number of anilines is 1. The first kappa shape index (κ1) is 27.1. The number of nitrogens with one attached hydrogen (secondary N) is 1. The van der Waals surface area contributed by atoms with Crippen LogP contribution in [0.15, 0.2) is 30.3 Å². The molecular weight excluding hydrogens is 522 g/mol. The molecule has 36 heavy (non-hydrogen) atoms. The molecule has 2 aliphatic heterocycles. The third-order valence-corrected chi connectivity index (χ3v) is 9.50. The molecule has 0 spiro atoms. The number of rotatable bonds is 9. The Morgan fingerprint density at radius 3 is 2.81 bits per heavy atom. The van der Waals surface area contributed by atoms with E-state index in [4.69, 9.17) is 16.3 Å². The van der Waals surface area contributed by atoms with E-state index in [0.29, 0.717) is 17.3 Å². The van der Waals surface area contributed by atoms with Crippen molar-refractivity contribution in [1.82, 2.24) is 9.62 Å². The van der Waals surface area contributed by atoms with Crippen LogP contribution in [0.4, 0.5) is 5.69 Å². The minimum Gasteiger partial charge on any atom is -0.462 e. The van der Waals surface area contributed by atoms with Crippen LogP contribution in [0, 0.1) is 0 Å². The number of hydrogen-bond donors (Lipinski definition) is 1. The second kappa shape index (κ2) is 11.6. The SMILES string of the molecule is CC(C)OC(=O)CN([C@H]1CCN(c2ccc3c(c2)CCCNC3)C1=O)S(=O)(=O)CCc1ccc(Cl)s1. The lowest BCUT2D eigenvalue weighted by Crippen LogP contribution is -2.49. The van der Waals surface area contributed by atoms with Crippen LogP contribution < -0.4 is 10.2 Å². The molecule has 1 saturated heterocycles. The van der Waals surface area contributed by atoms with Crippen LogP contribution in [-0.2, 0) is 43.7 Å². The van der Waals surface area contributed by atoms with E-state index >= 15 is 0 Å². The molecule has 196 valence electrons. The second-order valence-electron chi connectivity index (χ2n) is 9.38. The summed E-state index contributed by atoms with van der Waals surface area (Å²) in [7, 11) is -3.94. The van der Waals surface area contributed by atoms with Crippen LogP contribution in [0.5, 0.6) is 0 Å². The van der Waals surface area contributed by atoms with Gasteiger partial charge in [0.05, 0.1) is 16.2 Å². The van der Waals surface area contributed by atoms with Crippen molar-refractivity contribution in [3.63, 3.8) is 0 Å². The number of benzene rings is 1. The smallest absolute Gasteiger partial charge is 0.321 e. The maximum absolute atomic E-state index is 13.6. The van der Waals surface area contributed by atoms with Crippen LogP contribution in [0.1, 0.15) is 42.7 Å². The van der Waals surface area contributed by atoms with Gasteiger partial charge in [0.15, 0.2) is 0 Å². The molecule has 1 N–H and O–H groups in total. The van der Waals surface area contributed by atoms with Crippen molar-refractivity contribution in [3.05, 3.63) is 50.7 Å². The van der Waals surface area contributed by atoms with Crippen molar-refractivity contribution in [2.75, 3.05) is 30.3 Å². The van der Waals surface area contributed by atoms with E-state index in [1.807, 2.05) is 18.2 Å². The lowest BCUT2D eigenvalue weighted by Gasteiger charge is -2.27. The predicted molar refractivity (Wildman–Crippen MR) is 142 cm³/mol. The highest BCUT2D eigenvalue weighted by Crippen LogP contribution is 2.30. The molecule has 4 rings (SSSR count). The summed E-state index contributed by atoms with van der Waals surface area (Å²) in [6.45, 7) is 5.04. The first-order valence-corrected chi connectivity index (χ1v) is 15.0. The normalized spacial score (nSPS) is 18.5. The topological polar surface area (TPSA) is 96.0 Å². The lowest BCUT2D eigenvalue weighted by molar-refractivity contribution is -0.148. The highest BCUT2D eigenvalue weighted by Gasteiger charge is 2.43. The molecule has 3 heterocycles. The number of aryl methyl sites for hydroxylation is 2. The van der Waals surface area contributed by atoms with E-state index < -0.39 is 28.6 Å². The van der Waals surface area contributed by atoms with Crippen molar-refractivity contribution in [3.8, 4) is 0 Å². The van der Waals surface area contributed by atoms with Crippen LogP contribution in [0.3, 0.4) is 0 Å². The van der Waals surface area contributed by atoms with Gasteiger partial charge in [-0.3, -0.25) is 9.59 Å². The fourth-order valence-electron chi connectivity index (χ4n) is 4.66. The zero-order chi connectivity index (χ0) is 25.9. The predicted octanol–water partition coefficient (Wildman–Crippen LogP) is 3.37. The Hall–Kier alpha value is -1.98. The van der Waals surface area contributed by atoms with Gasteiger partial charge >= 0.3 is 5.97 Å². The van der Waals surface area contributed by atoms with Crippen molar-refractivity contribution in [2.24, 2.45) is 0 Å². The Morgan fingerprint density at radius 2 is 2.08 bits per heavy atom. The Morgan fingerprint density at radius 1 is 1.28 bits per heavy atom. The fourth-order valence-corrected chi connectivity index (χ4v) is 7.48. The molecule has 1 aromatic heterocycles. The number of esters is 1. The second-order valence-corrected chi connectivity index (χ2v) is 13.2. The van der Waals surface area contributed by atoms with Gasteiger partial charge in [-0.2, -0.15) is 4.31 Å². The first-order valence-electron chi connectivity index (χ1n) is 12.2. The van der Waals surface area contributed by atoms with Gasteiger partial charge in [-0.25, -0.2) is 8.42 Å². The number of carbonyl (C=O) groups is 2. The number of ether oxygens (including phenoxy) is 1. The summed E-state index contributed by atoms with van der Waals surface area (Å²) in [5, 5.41) is 3.39. The van der Waals surface area contributed by atoms with Gasteiger partial charge in [0.1, 0.15) is 12.6 Å². The van der Waals surface area contributed by atoms with Crippen LogP contribution in [0.2, 0.25) is 4.34 Å². The summed E-state index contributed by atoms with van der Waals surface area (Å²) in [6, 6.07) is 8.54. The van der Waals surface area contributed by atoms with Crippen LogP contribution in [-0.4, -0.2) is 62.1 Å². The minimum absolute atomic E-state index is 0.228. The average molecular weight is 554 g/mol. The Labute approximate surface area is 221 Å². The van der Waals surface area contributed by atoms with Crippen LogP contribution in [0.25, 0.3) is 0 Å². The van der Waals surface area contributed by atoms with Crippen molar-refractivity contribution in [2.45, 2.75) is 58.2 Å². The molecule has 0 radical (unpaired) electrons. The summed E-state index contributed by atoms with van der Waals surface area (Å²) in [5.74, 6) is -1.22. The number of sulfonamides is 1. The molecule has 8 nitrogen and oxygen atoms in total. The highest BCUT2D eigenvalue weighted by atomic mass is 35.5. The standard InChI is InChI=1S/C25H32ClN3O5S2/c1-17(2)34-24(30)16-29(36(32,33)13-10-21-7-8-23(26)35-21)22-9-12-28(25(22)31)20-6-5-19-15-27-11-3-4-18(19)14-20/h5-8,14,17,22,27H,3-4,9-13,15-16H2,1-2H3/t22-/m0/s1. The third kappa shape index (κ3) is 6.47. The molecule has 2 aliphatic rings. The molecule has 1 fully saturated rings. The molecule has 0 saturated carbocycles. The molecule has 2 aromatic rings. The molecule has 1 amide bonds. The summed E-state index contributed by atoms with van der Waals surface area (Å²) < 4.78 is 33.8. The average Bonchev–Trinajstić information content (AvgIpc) is 3.32. The maximum atomic E-state index is 13.6. The lowest BCUT2D eigenvalue weighted by atomic mass is 10.0. The first-order chi connectivity index (χ1) is 17.1. The van der Waals surface area contributed by atoms with Crippen LogP contribution >= 0.6 is 22.9 Å². The van der Waals surface area contributed by atoms with Gasteiger partial charge in [-0.1, -0.05) is 17.7 Å². The van der Waals surface area contributed by atoms with Crippen molar-refractivity contribution >= 4 is 50.5 Å². The number of hydrogen-bond acceptors (Lipinski definition) is 7. The van der Waals surface area contributed by atoms with Gasteiger partial charge in [0.2, 0.25) is 15.9 Å². The maximum Gasteiger partial charge on any atom is 0.321 e. The number of amides is 1. The van der Waals surface area contributed by atoms with Crippen molar-refractivity contribution < 1.29 is 22.7 Å². The zero-order valence-electron chi connectivity index (χ0n) is 20.5. The summed E-state index contributed by atoms with van der Waals surface area (Å²) in [4.78, 5) is 28.5. The monoisotopic (exact) mass is 553 g/mol. The molecule has 1 atom stereocenters. The highest BCUT2D eigenvalue weighted by molar-refractivity contribution is 7.89. The van der Waals surface area contributed by atoms with Gasteiger partial charge in [-0.15, -0.1) is 11.3 Å². The molecular formula is C25H32ClN3O5S2. The number of thiophene rings is 1. The zero-order valence-corrected chi connectivity index (χ0v) is 22.9. The van der Waals surface area contributed by atoms with Gasteiger partial charge < -0.3 is 15.0 Å². The Balaban J connectivity index is 1.55. The molecule has 1 aromatic carbocycles. The largest absolute Gasteiger partial charge is 0.462 e. The molecule has 0 unspecified atom stereocenters. The number of halogens is 1. The molecule has 0 bridgehead atoms. The summed E-state index contributed by atoms with van der Waals surface area (Å²) in [6.07, 6.45) is 2.11. The van der Waals surface area contributed by atoms with Gasteiger partial charge in [0.25, 0.3) is 0 Å². The van der Waals surface area contributed by atoms with Gasteiger partial charge in [0, 0.05) is 23.7 Å². The van der Waals surface area contributed by atoms with E-state index in [-0.39, 0.29) is 24.2 Å². The minimum atomic E-state index is -3.94. The number of carbonyl (C=O) groups excluding carboxylic acids is 2. The molecule has 0 aliphatic carbocycles. The Kier molecular flexibility index (Phi) is 8.72. The molecule has 11 heteroatoms. The summed E-state index contributed by atoms with van der Waals surface area (Å²) >= 11 is 7.30. The van der Waals surface area contributed by atoms with E-state index in [2.05, 4.69) is 5.32 Å². The fraction of sp³-hybridized carbons (Fsp3) is 0.520. The van der Waals surface area contributed by atoms with E-state index in [9.17, 15) is 18.0 Å². The third-order valence-electron chi connectivity index (χ3n) is 6.39. The summed E-state index contributed by atoms with van der Waals surface area (Å²) in [5.41, 5.74) is 3.18. The number of fused-ring (bicyclic) bond motifs is 1.